The number of hydrogen-bond acceptors (Lipinski definition) is 1. The summed E-state index contributed by atoms with van der Waals surface area (Å²) in [6, 6.07) is 12.1. The van der Waals surface area contributed by atoms with E-state index in [0.29, 0.717) is 12.1 Å². The zero-order chi connectivity index (χ0) is 13.2. The third-order valence-corrected chi connectivity index (χ3v) is 3.62. The van der Waals surface area contributed by atoms with Crippen molar-refractivity contribution in [1.29, 1.82) is 0 Å². The van der Waals surface area contributed by atoms with Crippen molar-refractivity contribution >= 4 is 0 Å². The lowest BCUT2D eigenvalue weighted by atomic mass is 9.99. The molecule has 1 nitrogen and oxygen atoms in total. The summed E-state index contributed by atoms with van der Waals surface area (Å²) in [6.45, 7) is 6.83. The second-order valence-corrected chi connectivity index (χ2v) is 5.17. The first-order valence-electron chi connectivity index (χ1n) is 7.62. The van der Waals surface area contributed by atoms with Crippen molar-refractivity contribution in [3.8, 4) is 0 Å². The molecule has 0 spiro atoms. The Labute approximate surface area is 113 Å². The summed E-state index contributed by atoms with van der Waals surface area (Å²) >= 11 is 0. The van der Waals surface area contributed by atoms with Gasteiger partial charge in [0.15, 0.2) is 0 Å². The zero-order valence-corrected chi connectivity index (χ0v) is 12.3. The summed E-state index contributed by atoms with van der Waals surface area (Å²) in [4.78, 5) is 0. The van der Waals surface area contributed by atoms with Crippen LogP contribution in [0.5, 0.6) is 0 Å². The molecule has 0 fully saturated rings. The van der Waals surface area contributed by atoms with Gasteiger partial charge in [-0.3, -0.25) is 0 Å². The summed E-state index contributed by atoms with van der Waals surface area (Å²) in [5, 5.41) is 3.86. The Morgan fingerprint density at radius 2 is 1.67 bits per heavy atom. The van der Waals surface area contributed by atoms with E-state index in [-0.39, 0.29) is 0 Å². The minimum Gasteiger partial charge on any atom is -0.307 e. The van der Waals surface area contributed by atoms with E-state index in [1.807, 2.05) is 0 Å². The summed E-state index contributed by atoms with van der Waals surface area (Å²) in [5.74, 6) is 0. The minimum absolute atomic E-state index is 0.526. The molecule has 102 valence electrons. The molecule has 18 heavy (non-hydrogen) atoms. The lowest BCUT2D eigenvalue weighted by molar-refractivity contribution is 0.379. The van der Waals surface area contributed by atoms with Gasteiger partial charge in [0, 0.05) is 12.1 Å². The third kappa shape index (κ3) is 5.22. The van der Waals surface area contributed by atoms with Gasteiger partial charge < -0.3 is 5.32 Å². The Balaban J connectivity index is 2.61. The molecule has 0 aromatic heterocycles. The highest BCUT2D eigenvalue weighted by Gasteiger charge is 2.14. The molecule has 1 rings (SSSR count). The van der Waals surface area contributed by atoms with E-state index < -0.39 is 0 Å². The van der Waals surface area contributed by atoms with Crippen LogP contribution < -0.4 is 5.32 Å². The maximum atomic E-state index is 3.86. The van der Waals surface area contributed by atoms with Gasteiger partial charge in [-0.15, -0.1) is 0 Å². The number of unbranched alkanes of at least 4 members (excludes halogenated alkanes) is 1. The first kappa shape index (κ1) is 15.2. The Morgan fingerprint density at radius 3 is 2.22 bits per heavy atom. The summed E-state index contributed by atoms with van der Waals surface area (Å²) in [6.07, 6.45) is 7.62. The predicted molar refractivity (Wildman–Crippen MR) is 80.8 cm³/mol. The van der Waals surface area contributed by atoms with Crippen LogP contribution in [0.1, 0.15) is 70.9 Å². The van der Waals surface area contributed by atoms with E-state index >= 15 is 0 Å². The van der Waals surface area contributed by atoms with E-state index in [1.54, 1.807) is 0 Å². The standard InChI is InChI=1S/C17H29N/c1-4-7-14-16(6-3)18-17(11-5-2)15-12-9-8-10-13-15/h8-10,12-13,16-18H,4-7,11,14H2,1-3H3. The predicted octanol–water partition coefficient (Wildman–Crippen LogP) is 5.09. The molecule has 1 heteroatoms. The molecular weight excluding hydrogens is 218 g/mol. The normalized spacial score (nSPS) is 14.4. The van der Waals surface area contributed by atoms with E-state index in [2.05, 4.69) is 56.4 Å². The number of nitrogens with one attached hydrogen (secondary N) is 1. The smallest absolute Gasteiger partial charge is 0.0322 e. The van der Waals surface area contributed by atoms with Crippen molar-refractivity contribution in [3.63, 3.8) is 0 Å². The summed E-state index contributed by atoms with van der Waals surface area (Å²) in [5.41, 5.74) is 1.44. The maximum Gasteiger partial charge on any atom is 0.0322 e. The van der Waals surface area contributed by atoms with E-state index in [1.165, 1.54) is 44.1 Å². The first-order chi connectivity index (χ1) is 8.81. The molecule has 0 radical (unpaired) electrons. The van der Waals surface area contributed by atoms with Crippen molar-refractivity contribution in [1.82, 2.24) is 5.32 Å². The Morgan fingerprint density at radius 1 is 0.944 bits per heavy atom. The van der Waals surface area contributed by atoms with Crippen LogP contribution in [0.2, 0.25) is 0 Å². The quantitative estimate of drug-likeness (QED) is 0.641. The molecule has 1 aromatic carbocycles. The molecule has 0 bridgehead atoms. The number of benzene rings is 1. The zero-order valence-electron chi connectivity index (χ0n) is 12.3. The molecular formula is C17H29N. The molecule has 1 aromatic rings. The molecule has 0 aliphatic rings. The van der Waals surface area contributed by atoms with Gasteiger partial charge in [-0.1, -0.05) is 70.4 Å². The first-order valence-corrected chi connectivity index (χ1v) is 7.62. The lowest BCUT2D eigenvalue weighted by Crippen LogP contribution is -2.32. The lowest BCUT2D eigenvalue weighted by Gasteiger charge is -2.25. The highest BCUT2D eigenvalue weighted by molar-refractivity contribution is 5.18. The van der Waals surface area contributed by atoms with Gasteiger partial charge in [-0.2, -0.15) is 0 Å². The summed E-state index contributed by atoms with van der Waals surface area (Å²) < 4.78 is 0. The fourth-order valence-corrected chi connectivity index (χ4v) is 2.46. The Hall–Kier alpha value is -0.820. The van der Waals surface area contributed by atoms with Gasteiger partial charge >= 0.3 is 0 Å². The Kier molecular flexibility index (Phi) is 7.75. The molecule has 2 unspecified atom stereocenters. The fraction of sp³-hybridized carbons (Fsp3) is 0.647. The molecule has 2 atom stereocenters. The van der Waals surface area contributed by atoms with Crippen molar-refractivity contribution in [3.05, 3.63) is 35.9 Å². The van der Waals surface area contributed by atoms with Gasteiger partial charge in [0.1, 0.15) is 0 Å². The molecule has 0 heterocycles. The largest absolute Gasteiger partial charge is 0.307 e. The van der Waals surface area contributed by atoms with Crippen LogP contribution in [0.3, 0.4) is 0 Å². The SMILES string of the molecule is CCCCC(CC)NC(CCC)c1ccccc1. The van der Waals surface area contributed by atoms with Gasteiger partial charge in [0.2, 0.25) is 0 Å². The minimum atomic E-state index is 0.526. The van der Waals surface area contributed by atoms with Crippen LogP contribution in [-0.2, 0) is 0 Å². The van der Waals surface area contributed by atoms with Crippen molar-refractivity contribution < 1.29 is 0 Å². The van der Waals surface area contributed by atoms with E-state index in [4.69, 9.17) is 0 Å². The van der Waals surface area contributed by atoms with Crippen LogP contribution in [0, 0.1) is 0 Å². The van der Waals surface area contributed by atoms with E-state index in [0.717, 1.165) is 0 Å². The third-order valence-electron chi connectivity index (χ3n) is 3.62. The molecule has 0 aliphatic heterocycles. The topological polar surface area (TPSA) is 12.0 Å². The monoisotopic (exact) mass is 247 g/mol. The molecule has 0 aliphatic carbocycles. The molecule has 1 N–H and O–H groups in total. The average Bonchev–Trinajstić information content (AvgIpc) is 2.43. The van der Waals surface area contributed by atoms with Crippen LogP contribution in [0.25, 0.3) is 0 Å². The molecule has 0 saturated heterocycles. The van der Waals surface area contributed by atoms with Crippen molar-refractivity contribution in [2.24, 2.45) is 0 Å². The van der Waals surface area contributed by atoms with Crippen LogP contribution >= 0.6 is 0 Å². The van der Waals surface area contributed by atoms with Gasteiger partial charge in [0.25, 0.3) is 0 Å². The number of rotatable bonds is 9. The molecule has 0 saturated carbocycles. The maximum absolute atomic E-state index is 3.86. The van der Waals surface area contributed by atoms with Crippen molar-refractivity contribution in [2.75, 3.05) is 0 Å². The van der Waals surface area contributed by atoms with Crippen LogP contribution in [-0.4, -0.2) is 6.04 Å². The summed E-state index contributed by atoms with van der Waals surface area (Å²) in [7, 11) is 0. The number of hydrogen-bond donors (Lipinski definition) is 1. The second-order valence-electron chi connectivity index (χ2n) is 5.17. The van der Waals surface area contributed by atoms with Crippen LogP contribution in [0.4, 0.5) is 0 Å². The fourth-order valence-electron chi connectivity index (χ4n) is 2.46. The van der Waals surface area contributed by atoms with E-state index in [9.17, 15) is 0 Å². The molecule has 0 amide bonds. The van der Waals surface area contributed by atoms with Crippen molar-refractivity contribution in [2.45, 2.75) is 71.4 Å². The van der Waals surface area contributed by atoms with Crippen LogP contribution in [0.15, 0.2) is 30.3 Å². The Bertz CT molecular complexity index is 294. The van der Waals surface area contributed by atoms with Gasteiger partial charge in [-0.05, 0) is 24.8 Å². The van der Waals surface area contributed by atoms with Gasteiger partial charge in [0.05, 0.1) is 0 Å². The second kappa shape index (κ2) is 9.16. The van der Waals surface area contributed by atoms with Gasteiger partial charge in [-0.25, -0.2) is 0 Å². The average molecular weight is 247 g/mol. The highest BCUT2D eigenvalue weighted by atomic mass is 14.9. The highest BCUT2D eigenvalue weighted by Crippen LogP contribution is 2.20.